The first-order valence-corrected chi connectivity index (χ1v) is 6.65. The van der Waals surface area contributed by atoms with Crippen LogP contribution in [0.1, 0.15) is 12.5 Å². The van der Waals surface area contributed by atoms with E-state index in [1.165, 1.54) is 13.1 Å². The number of hydrogen-bond donors (Lipinski definition) is 1. The molecule has 92 valence electrons. The van der Waals surface area contributed by atoms with E-state index in [4.69, 9.17) is 12.2 Å². The maximum Gasteiger partial charge on any atom is 0.244 e. The molecule has 1 aromatic rings. The monoisotopic (exact) mass is 252 g/mol. The number of rotatable bonds is 4. The Morgan fingerprint density at radius 2 is 2.12 bits per heavy atom. The molecule has 2 N–H and O–H groups in total. The highest BCUT2D eigenvalue weighted by molar-refractivity contribution is 7.89. The summed E-state index contributed by atoms with van der Waals surface area (Å²) in [5.41, 5.74) is 6.79. The summed E-state index contributed by atoms with van der Waals surface area (Å²) in [4.78, 5) is 0.234. The predicted molar refractivity (Wildman–Crippen MR) is 68.9 cm³/mol. The van der Waals surface area contributed by atoms with E-state index in [9.17, 15) is 8.42 Å². The summed E-state index contributed by atoms with van der Waals surface area (Å²) in [6, 6.07) is 4.89. The Labute approximate surface area is 102 Å². The van der Waals surface area contributed by atoms with Gasteiger partial charge in [0.1, 0.15) is 0 Å². The molecule has 0 atom stereocenters. The molecule has 0 aliphatic heterocycles. The Morgan fingerprint density at radius 3 is 2.65 bits per heavy atom. The van der Waals surface area contributed by atoms with Crippen molar-refractivity contribution in [3.8, 4) is 12.3 Å². The molecule has 0 spiro atoms. The van der Waals surface area contributed by atoms with Crippen molar-refractivity contribution in [1.29, 1.82) is 0 Å². The van der Waals surface area contributed by atoms with E-state index < -0.39 is 10.0 Å². The lowest BCUT2D eigenvalue weighted by Gasteiger charge is -2.17. The zero-order chi connectivity index (χ0) is 13.1. The number of sulfonamides is 1. The Hall–Kier alpha value is -1.51. The number of nitrogens with two attached hydrogens (primary N) is 1. The van der Waals surface area contributed by atoms with Gasteiger partial charge in [-0.2, -0.15) is 4.31 Å². The molecule has 17 heavy (non-hydrogen) atoms. The van der Waals surface area contributed by atoms with Crippen molar-refractivity contribution in [2.45, 2.75) is 18.2 Å². The van der Waals surface area contributed by atoms with E-state index >= 15 is 0 Å². The van der Waals surface area contributed by atoms with E-state index in [1.807, 2.05) is 6.92 Å². The molecule has 4 nitrogen and oxygen atoms in total. The van der Waals surface area contributed by atoms with Crippen molar-refractivity contribution in [3.63, 3.8) is 0 Å². The summed E-state index contributed by atoms with van der Waals surface area (Å²) in [7, 11) is -2.10. The van der Waals surface area contributed by atoms with E-state index in [2.05, 4.69) is 5.92 Å². The first-order chi connectivity index (χ1) is 7.93. The predicted octanol–water partition coefficient (Wildman–Crippen LogP) is 1.08. The van der Waals surface area contributed by atoms with Crippen molar-refractivity contribution in [3.05, 3.63) is 23.8 Å². The molecule has 0 saturated heterocycles. The second-order valence-electron chi connectivity index (χ2n) is 3.69. The number of aryl methyl sites for hydroxylation is 1. The largest absolute Gasteiger partial charge is 0.399 e. The van der Waals surface area contributed by atoms with Crippen molar-refractivity contribution in [1.82, 2.24) is 4.31 Å². The number of benzene rings is 1. The summed E-state index contributed by atoms with van der Waals surface area (Å²) in [5, 5.41) is 0. The van der Waals surface area contributed by atoms with Gasteiger partial charge in [0.15, 0.2) is 0 Å². The van der Waals surface area contributed by atoms with Gasteiger partial charge < -0.3 is 5.73 Å². The summed E-state index contributed by atoms with van der Waals surface area (Å²) in [6.07, 6.45) is 5.75. The van der Waals surface area contributed by atoms with Gasteiger partial charge in [-0.05, 0) is 24.1 Å². The number of hydrogen-bond acceptors (Lipinski definition) is 3. The van der Waals surface area contributed by atoms with Crippen LogP contribution < -0.4 is 5.73 Å². The first kappa shape index (κ1) is 13.6. The molecule has 0 aliphatic carbocycles. The van der Waals surface area contributed by atoms with Gasteiger partial charge in [-0.25, -0.2) is 8.42 Å². The molecule has 5 heteroatoms. The van der Waals surface area contributed by atoms with Crippen LogP contribution in [0.15, 0.2) is 23.1 Å². The molecular formula is C12H16N2O2S. The quantitative estimate of drug-likeness (QED) is 0.644. The standard InChI is InChI=1S/C12H16N2O2S/c1-4-8-14(3)17(15,16)12-9-11(13)7-6-10(12)5-2/h1,6-7,9H,5,8,13H2,2-3H3. The lowest BCUT2D eigenvalue weighted by molar-refractivity contribution is 0.502. The van der Waals surface area contributed by atoms with Crippen LogP contribution in [0.5, 0.6) is 0 Å². The Bertz CT molecular complexity index is 544. The summed E-state index contributed by atoms with van der Waals surface area (Å²) in [6.45, 7) is 1.94. The Kier molecular flexibility index (Phi) is 4.16. The second-order valence-corrected chi connectivity index (χ2v) is 5.70. The van der Waals surface area contributed by atoms with E-state index in [-0.39, 0.29) is 11.4 Å². The third kappa shape index (κ3) is 2.78. The van der Waals surface area contributed by atoms with Crippen LogP contribution in [0.25, 0.3) is 0 Å². The summed E-state index contributed by atoms with van der Waals surface area (Å²) >= 11 is 0. The number of terminal acetylenes is 1. The highest BCUT2D eigenvalue weighted by Gasteiger charge is 2.22. The normalized spacial score (nSPS) is 11.4. The Balaban J connectivity index is 3.33. The number of nitrogens with zero attached hydrogens (tertiary/aromatic N) is 1. The molecule has 1 aromatic carbocycles. The number of nitrogen functional groups attached to an aromatic ring is 1. The fourth-order valence-corrected chi connectivity index (χ4v) is 2.89. The highest BCUT2D eigenvalue weighted by atomic mass is 32.2. The van der Waals surface area contributed by atoms with Crippen LogP contribution in [0.3, 0.4) is 0 Å². The zero-order valence-electron chi connectivity index (χ0n) is 9.97. The van der Waals surface area contributed by atoms with Gasteiger partial charge in [0, 0.05) is 12.7 Å². The average molecular weight is 252 g/mol. The molecule has 0 radical (unpaired) electrons. The maximum absolute atomic E-state index is 12.2. The van der Waals surface area contributed by atoms with Gasteiger partial charge in [-0.1, -0.05) is 18.9 Å². The Morgan fingerprint density at radius 1 is 1.47 bits per heavy atom. The van der Waals surface area contributed by atoms with Crippen LogP contribution in [0.2, 0.25) is 0 Å². The van der Waals surface area contributed by atoms with Crippen molar-refractivity contribution in [2.24, 2.45) is 0 Å². The van der Waals surface area contributed by atoms with Gasteiger partial charge >= 0.3 is 0 Å². The molecule has 1 rings (SSSR count). The van der Waals surface area contributed by atoms with E-state index in [1.54, 1.807) is 12.1 Å². The van der Waals surface area contributed by atoms with Crippen LogP contribution in [-0.4, -0.2) is 26.3 Å². The topological polar surface area (TPSA) is 63.4 Å². The fourth-order valence-electron chi connectivity index (χ4n) is 1.48. The van der Waals surface area contributed by atoms with Gasteiger partial charge in [-0.3, -0.25) is 0 Å². The minimum Gasteiger partial charge on any atom is -0.399 e. The fraction of sp³-hybridized carbons (Fsp3) is 0.333. The van der Waals surface area contributed by atoms with Crippen molar-refractivity contribution >= 4 is 15.7 Å². The highest BCUT2D eigenvalue weighted by Crippen LogP contribution is 2.22. The first-order valence-electron chi connectivity index (χ1n) is 5.21. The lowest BCUT2D eigenvalue weighted by Crippen LogP contribution is -2.28. The molecular weight excluding hydrogens is 236 g/mol. The average Bonchev–Trinajstić information content (AvgIpc) is 2.29. The minimum absolute atomic E-state index is 0.0420. The van der Waals surface area contributed by atoms with Crippen LogP contribution in [-0.2, 0) is 16.4 Å². The summed E-state index contributed by atoms with van der Waals surface area (Å²) < 4.78 is 25.6. The number of anilines is 1. The second kappa shape index (κ2) is 5.21. The zero-order valence-corrected chi connectivity index (χ0v) is 10.8. The van der Waals surface area contributed by atoms with Gasteiger partial charge in [-0.15, -0.1) is 6.42 Å². The minimum atomic E-state index is -3.56. The third-order valence-corrected chi connectivity index (χ3v) is 4.36. The smallest absolute Gasteiger partial charge is 0.244 e. The van der Waals surface area contributed by atoms with Crippen molar-refractivity contribution < 1.29 is 8.42 Å². The molecule has 0 bridgehead atoms. The van der Waals surface area contributed by atoms with Gasteiger partial charge in [0.25, 0.3) is 0 Å². The van der Waals surface area contributed by atoms with Gasteiger partial charge in [0.05, 0.1) is 11.4 Å². The van der Waals surface area contributed by atoms with E-state index in [0.717, 1.165) is 9.87 Å². The molecule has 0 aliphatic rings. The third-order valence-electron chi connectivity index (χ3n) is 2.47. The molecule has 0 aromatic heterocycles. The molecule has 0 unspecified atom stereocenters. The molecule has 0 heterocycles. The van der Waals surface area contributed by atoms with Crippen LogP contribution >= 0.6 is 0 Å². The maximum atomic E-state index is 12.2. The van der Waals surface area contributed by atoms with Crippen molar-refractivity contribution in [2.75, 3.05) is 19.3 Å². The molecule has 0 amide bonds. The molecule has 0 fully saturated rings. The van der Waals surface area contributed by atoms with Crippen LogP contribution in [0.4, 0.5) is 5.69 Å². The lowest BCUT2D eigenvalue weighted by atomic mass is 10.1. The molecule has 0 saturated carbocycles. The van der Waals surface area contributed by atoms with E-state index in [0.29, 0.717) is 12.1 Å². The summed E-state index contributed by atoms with van der Waals surface area (Å²) in [5.74, 6) is 2.31. The van der Waals surface area contributed by atoms with Gasteiger partial charge in [0.2, 0.25) is 10.0 Å². The SMILES string of the molecule is C#CCN(C)S(=O)(=O)c1cc(N)ccc1CC. The van der Waals surface area contributed by atoms with Crippen LogP contribution in [0, 0.1) is 12.3 Å².